The Bertz CT molecular complexity index is 703. The van der Waals surface area contributed by atoms with Gasteiger partial charge in [-0.3, -0.25) is 9.69 Å². The van der Waals surface area contributed by atoms with Crippen molar-refractivity contribution in [2.75, 3.05) is 18.4 Å². The zero-order chi connectivity index (χ0) is 16.9. The topological polar surface area (TPSA) is 82.8 Å². The number of anilines is 1. The highest BCUT2D eigenvalue weighted by Gasteiger charge is 2.25. The Morgan fingerprint density at radius 1 is 1.12 bits per heavy atom. The van der Waals surface area contributed by atoms with Crippen LogP contribution in [0.3, 0.4) is 0 Å². The second-order valence-electron chi connectivity index (χ2n) is 5.98. The van der Waals surface area contributed by atoms with Crippen LogP contribution in [-0.4, -0.2) is 35.0 Å². The van der Waals surface area contributed by atoms with Gasteiger partial charge in [-0.2, -0.15) is 0 Å². The van der Waals surface area contributed by atoms with Gasteiger partial charge in [-0.1, -0.05) is 18.2 Å². The number of rotatable bonds is 5. The molecule has 0 bridgehead atoms. The Hall–Kier alpha value is -2.60. The summed E-state index contributed by atoms with van der Waals surface area (Å²) in [6, 6.07) is 12.6. The molecule has 0 saturated carbocycles. The molecule has 0 radical (unpaired) electrons. The number of carboxylic acids is 1. The van der Waals surface area contributed by atoms with E-state index < -0.39 is 5.97 Å². The van der Waals surface area contributed by atoms with Crippen LogP contribution in [0.15, 0.2) is 46.9 Å². The largest absolute Gasteiger partial charge is 0.475 e. The molecule has 1 aliphatic heterocycles. The summed E-state index contributed by atoms with van der Waals surface area (Å²) in [6.45, 7) is 2.15. The van der Waals surface area contributed by atoms with E-state index in [-0.39, 0.29) is 17.6 Å². The molecule has 6 nitrogen and oxygen atoms in total. The monoisotopic (exact) mass is 328 g/mol. The highest BCUT2D eigenvalue weighted by atomic mass is 16.4. The molecule has 0 aliphatic carbocycles. The van der Waals surface area contributed by atoms with Crippen LogP contribution in [0.2, 0.25) is 0 Å². The summed E-state index contributed by atoms with van der Waals surface area (Å²) in [5, 5.41) is 11.8. The SMILES string of the molecule is O=C(O)c1ccc(CN2CCC(C(=O)Nc3ccccc3)CC2)o1. The van der Waals surface area contributed by atoms with Gasteiger partial charge in [0.15, 0.2) is 0 Å². The van der Waals surface area contributed by atoms with E-state index in [2.05, 4.69) is 10.2 Å². The van der Waals surface area contributed by atoms with E-state index in [1.165, 1.54) is 6.07 Å². The first-order valence-corrected chi connectivity index (χ1v) is 8.02. The Labute approximate surface area is 140 Å². The van der Waals surface area contributed by atoms with Crippen LogP contribution in [0, 0.1) is 5.92 Å². The number of nitrogens with one attached hydrogen (secondary N) is 1. The standard InChI is InChI=1S/C18H20N2O4/c21-17(19-14-4-2-1-3-5-14)13-8-10-20(11-9-13)12-15-6-7-16(24-15)18(22)23/h1-7,13H,8-12H2,(H,19,21)(H,22,23). The van der Waals surface area contributed by atoms with Crippen LogP contribution in [0.25, 0.3) is 0 Å². The summed E-state index contributed by atoms with van der Waals surface area (Å²) in [5.41, 5.74) is 0.821. The van der Waals surface area contributed by atoms with Crippen LogP contribution in [0.4, 0.5) is 5.69 Å². The van der Waals surface area contributed by atoms with Gasteiger partial charge in [0.25, 0.3) is 0 Å². The maximum absolute atomic E-state index is 12.3. The first-order chi connectivity index (χ1) is 11.6. The average molecular weight is 328 g/mol. The number of benzene rings is 1. The molecule has 2 N–H and O–H groups in total. The number of hydrogen-bond donors (Lipinski definition) is 2. The molecule has 0 spiro atoms. The van der Waals surface area contributed by atoms with Gasteiger partial charge in [0.2, 0.25) is 11.7 Å². The summed E-state index contributed by atoms with van der Waals surface area (Å²) in [7, 11) is 0. The van der Waals surface area contributed by atoms with Crippen molar-refractivity contribution in [3.63, 3.8) is 0 Å². The molecule has 24 heavy (non-hydrogen) atoms. The predicted octanol–water partition coefficient (Wildman–Crippen LogP) is 2.83. The molecular weight excluding hydrogens is 308 g/mol. The van der Waals surface area contributed by atoms with Gasteiger partial charge in [-0.15, -0.1) is 0 Å². The lowest BCUT2D eigenvalue weighted by Gasteiger charge is -2.30. The minimum Gasteiger partial charge on any atom is -0.475 e. The van der Waals surface area contributed by atoms with Crippen molar-refractivity contribution in [1.29, 1.82) is 0 Å². The van der Waals surface area contributed by atoms with E-state index in [4.69, 9.17) is 9.52 Å². The quantitative estimate of drug-likeness (QED) is 0.882. The summed E-state index contributed by atoms with van der Waals surface area (Å²) in [4.78, 5) is 25.3. The lowest BCUT2D eigenvalue weighted by molar-refractivity contribution is -0.121. The molecule has 6 heteroatoms. The van der Waals surface area contributed by atoms with Gasteiger partial charge in [0, 0.05) is 11.6 Å². The number of piperidine rings is 1. The molecule has 1 fully saturated rings. The van der Waals surface area contributed by atoms with Crippen molar-refractivity contribution in [1.82, 2.24) is 4.90 Å². The zero-order valence-corrected chi connectivity index (χ0v) is 13.3. The number of aromatic carboxylic acids is 1. The summed E-state index contributed by atoms with van der Waals surface area (Å²) in [5.74, 6) is -0.390. The Balaban J connectivity index is 1.48. The number of likely N-dealkylation sites (tertiary alicyclic amines) is 1. The molecule has 1 aliphatic rings. The number of carboxylic acid groups (broad SMARTS) is 1. The Kier molecular flexibility index (Phi) is 4.96. The van der Waals surface area contributed by atoms with Gasteiger partial charge in [-0.05, 0) is 50.2 Å². The number of furan rings is 1. The first-order valence-electron chi connectivity index (χ1n) is 8.02. The van der Waals surface area contributed by atoms with Gasteiger partial charge in [0.1, 0.15) is 5.76 Å². The van der Waals surface area contributed by atoms with Crippen molar-refractivity contribution in [3.05, 3.63) is 54.0 Å². The minimum absolute atomic E-state index is 0.00707. The van der Waals surface area contributed by atoms with Crippen molar-refractivity contribution >= 4 is 17.6 Å². The first kappa shape index (κ1) is 16.3. The molecule has 0 unspecified atom stereocenters. The molecule has 126 valence electrons. The fraction of sp³-hybridized carbons (Fsp3) is 0.333. The van der Waals surface area contributed by atoms with E-state index in [9.17, 15) is 9.59 Å². The number of amides is 1. The fourth-order valence-electron chi connectivity index (χ4n) is 2.92. The van der Waals surface area contributed by atoms with Crippen molar-refractivity contribution in [2.45, 2.75) is 19.4 Å². The third-order valence-electron chi connectivity index (χ3n) is 4.25. The second kappa shape index (κ2) is 7.31. The van der Waals surface area contributed by atoms with E-state index in [1.807, 2.05) is 30.3 Å². The van der Waals surface area contributed by atoms with Gasteiger partial charge >= 0.3 is 5.97 Å². The van der Waals surface area contributed by atoms with E-state index >= 15 is 0 Å². The van der Waals surface area contributed by atoms with Gasteiger partial charge in [-0.25, -0.2) is 4.79 Å². The fourth-order valence-corrected chi connectivity index (χ4v) is 2.92. The van der Waals surface area contributed by atoms with Crippen molar-refractivity contribution in [2.24, 2.45) is 5.92 Å². The average Bonchev–Trinajstić information content (AvgIpc) is 3.05. The van der Waals surface area contributed by atoms with E-state index in [1.54, 1.807) is 6.07 Å². The minimum atomic E-state index is -1.06. The molecule has 1 aromatic heterocycles. The van der Waals surface area contributed by atoms with Crippen LogP contribution < -0.4 is 5.32 Å². The smallest absolute Gasteiger partial charge is 0.371 e. The van der Waals surface area contributed by atoms with E-state index in [0.29, 0.717) is 12.3 Å². The molecule has 1 amide bonds. The van der Waals surface area contributed by atoms with Crippen LogP contribution in [0.1, 0.15) is 29.2 Å². The summed E-state index contributed by atoms with van der Waals surface area (Å²) >= 11 is 0. The molecule has 3 rings (SSSR count). The van der Waals surface area contributed by atoms with Crippen LogP contribution in [0.5, 0.6) is 0 Å². The van der Waals surface area contributed by atoms with Crippen molar-refractivity contribution < 1.29 is 19.1 Å². The summed E-state index contributed by atoms with van der Waals surface area (Å²) in [6.07, 6.45) is 1.57. The third-order valence-corrected chi connectivity index (χ3v) is 4.25. The predicted molar refractivity (Wildman–Crippen MR) is 88.7 cm³/mol. The molecule has 0 atom stereocenters. The Morgan fingerprint density at radius 2 is 1.83 bits per heavy atom. The number of hydrogen-bond acceptors (Lipinski definition) is 4. The van der Waals surface area contributed by atoms with Crippen molar-refractivity contribution in [3.8, 4) is 0 Å². The number of nitrogens with zero attached hydrogens (tertiary/aromatic N) is 1. The number of para-hydroxylation sites is 1. The number of carbonyl (C=O) groups is 2. The molecule has 2 aromatic rings. The zero-order valence-electron chi connectivity index (χ0n) is 13.3. The number of carbonyl (C=O) groups excluding carboxylic acids is 1. The second-order valence-corrected chi connectivity index (χ2v) is 5.98. The molecule has 2 heterocycles. The molecule has 1 aromatic carbocycles. The molecular formula is C18H20N2O4. The third kappa shape index (κ3) is 4.02. The van der Waals surface area contributed by atoms with Gasteiger partial charge < -0.3 is 14.8 Å². The molecule has 1 saturated heterocycles. The summed E-state index contributed by atoms with van der Waals surface area (Å²) < 4.78 is 5.28. The lowest BCUT2D eigenvalue weighted by Crippen LogP contribution is -2.37. The maximum Gasteiger partial charge on any atom is 0.371 e. The highest BCUT2D eigenvalue weighted by Crippen LogP contribution is 2.21. The Morgan fingerprint density at radius 3 is 2.46 bits per heavy atom. The normalized spacial score (nSPS) is 16.0. The lowest BCUT2D eigenvalue weighted by atomic mass is 9.95. The van der Waals surface area contributed by atoms with Crippen LogP contribution in [-0.2, 0) is 11.3 Å². The van der Waals surface area contributed by atoms with Crippen LogP contribution >= 0.6 is 0 Å². The van der Waals surface area contributed by atoms with Gasteiger partial charge in [0.05, 0.1) is 6.54 Å². The maximum atomic E-state index is 12.3. The highest BCUT2D eigenvalue weighted by molar-refractivity contribution is 5.92. The van der Waals surface area contributed by atoms with E-state index in [0.717, 1.165) is 31.6 Å².